The molecule has 2 aliphatic rings. The molecule has 4 rings (SSSR count). The molecule has 1 heterocycles. The number of carbonyl (C=O) groups is 1. The Labute approximate surface area is 171 Å². The van der Waals surface area contributed by atoms with E-state index < -0.39 is 0 Å². The minimum atomic E-state index is -0.215. The lowest BCUT2D eigenvalue weighted by Gasteiger charge is -2.19. The summed E-state index contributed by atoms with van der Waals surface area (Å²) >= 11 is 0. The number of carbonyl (C=O) groups excluding carboxylic acids is 1. The Bertz CT molecular complexity index is 917. The van der Waals surface area contributed by atoms with Crippen molar-refractivity contribution in [2.75, 3.05) is 31.1 Å². The number of ether oxygens (including phenoxy) is 3. The Morgan fingerprint density at radius 3 is 2.69 bits per heavy atom. The molecule has 1 N–H and O–H groups in total. The molecule has 0 radical (unpaired) electrons. The number of benzene rings is 2. The smallest absolute Gasteiger partial charge is 0.248 e. The summed E-state index contributed by atoms with van der Waals surface area (Å²) in [6.07, 6.45) is 8.16. The van der Waals surface area contributed by atoms with Gasteiger partial charge >= 0.3 is 0 Å². The second-order valence-electron chi connectivity index (χ2n) is 7.53. The molecule has 1 amide bonds. The van der Waals surface area contributed by atoms with Crippen LogP contribution in [0.25, 0.3) is 6.08 Å². The minimum absolute atomic E-state index is 0.208. The Balaban J connectivity index is 1.48. The summed E-state index contributed by atoms with van der Waals surface area (Å²) in [5.74, 6) is 1.93. The Morgan fingerprint density at radius 1 is 1.10 bits per heavy atom. The lowest BCUT2D eigenvalue weighted by Crippen LogP contribution is -2.13. The predicted molar refractivity (Wildman–Crippen MR) is 114 cm³/mol. The fraction of sp³-hybridized carbons (Fsp3) is 0.348. The quantitative estimate of drug-likeness (QED) is 0.734. The SMILES string of the molecule is CN(C)c1ccc(C=CC(=O)Nc2ccc3c(c2)OCO3)c(OC2CCCC2)c1. The summed E-state index contributed by atoms with van der Waals surface area (Å²) in [5.41, 5.74) is 2.62. The lowest BCUT2D eigenvalue weighted by molar-refractivity contribution is -0.111. The van der Waals surface area contributed by atoms with E-state index in [-0.39, 0.29) is 18.8 Å². The highest BCUT2D eigenvalue weighted by Crippen LogP contribution is 2.34. The van der Waals surface area contributed by atoms with E-state index in [4.69, 9.17) is 14.2 Å². The monoisotopic (exact) mass is 394 g/mol. The number of hydrogen-bond donors (Lipinski definition) is 1. The van der Waals surface area contributed by atoms with Crippen molar-refractivity contribution in [2.45, 2.75) is 31.8 Å². The maximum Gasteiger partial charge on any atom is 0.248 e. The van der Waals surface area contributed by atoms with Crippen molar-refractivity contribution in [2.24, 2.45) is 0 Å². The third-order valence-electron chi connectivity index (χ3n) is 5.16. The summed E-state index contributed by atoms with van der Waals surface area (Å²) in [7, 11) is 4.01. The van der Waals surface area contributed by atoms with Gasteiger partial charge in [0.05, 0.1) is 6.10 Å². The Kier molecular flexibility index (Phi) is 5.60. The van der Waals surface area contributed by atoms with Crippen LogP contribution in [0.1, 0.15) is 31.2 Å². The number of rotatable bonds is 6. The van der Waals surface area contributed by atoms with Crippen LogP contribution in [0, 0.1) is 0 Å². The number of nitrogens with zero attached hydrogens (tertiary/aromatic N) is 1. The van der Waals surface area contributed by atoms with Crippen molar-refractivity contribution < 1.29 is 19.0 Å². The van der Waals surface area contributed by atoms with E-state index in [1.54, 1.807) is 24.3 Å². The van der Waals surface area contributed by atoms with Gasteiger partial charge in [-0.05, 0) is 56.0 Å². The van der Waals surface area contributed by atoms with Crippen LogP contribution in [0.4, 0.5) is 11.4 Å². The van der Waals surface area contributed by atoms with E-state index in [1.807, 2.05) is 37.2 Å². The van der Waals surface area contributed by atoms with Crippen molar-refractivity contribution in [3.05, 3.63) is 48.0 Å². The van der Waals surface area contributed by atoms with E-state index in [0.717, 1.165) is 29.8 Å². The summed E-state index contributed by atoms with van der Waals surface area (Å²) in [6.45, 7) is 0.208. The standard InChI is InChI=1S/C23H26N2O4/c1-25(2)18-10-7-16(21(14-18)29-19-5-3-4-6-19)8-12-23(26)24-17-9-11-20-22(13-17)28-15-27-20/h7-14,19H,3-6,15H2,1-2H3,(H,24,26). The molecule has 0 atom stereocenters. The van der Waals surface area contributed by atoms with E-state index in [1.165, 1.54) is 18.9 Å². The topological polar surface area (TPSA) is 60.0 Å². The first-order valence-electron chi connectivity index (χ1n) is 9.95. The van der Waals surface area contributed by atoms with Gasteiger partial charge in [-0.1, -0.05) is 0 Å². The molecule has 6 nitrogen and oxygen atoms in total. The first-order valence-corrected chi connectivity index (χ1v) is 9.95. The highest BCUT2D eigenvalue weighted by molar-refractivity contribution is 6.02. The maximum atomic E-state index is 12.4. The summed E-state index contributed by atoms with van der Waals surface area (Å²) in [6, 6.07) is 11.4. The fourth-order valence-corrected chi connectivity index (χ4v) is 3.55. The lowest BCUT2D eigenvalue weighted by atomic mass is 10.1. The second kappa shape index (κ2) is 8.47. The summed E-state index contributed by atoms with van der Waals surface area (Å²) < 4.78 is 16.9. The fourth-order valence-electron chi connectivity index (χ4n) is 3.55. The average Bonchev–Trinajstić information content (AvgIpc) is 3.38. The van der Waals surface area contributed by atoms with Gasteiger partial charge in [-0.3, -0.25) is 4.79 Å². The predicted octanol–water partition coefficient (Wildman–Crippen LogP) is 4.45. The maximum absolute atomic E-state index is 12.4. The van der Waals surface area contributed by atoms with Gasteiger partial charge in [0.15, 0.2) is 11.5 Å². The van der Waals surface area contributed by atoms with Crippen LogP contribution in [0.5, 0.6) is 17.2 Å². The molecule has 2 aromatic carbocycles. The van der Waals surface area contributed by atoms with Gasteiger partial charge in [-0.15, -0.1) is 0 Å². The van der Waals surface area contributed by atoms with Gasteiger partial charge in [0.1, 0.15) is 5.75 Å². The van der Waals surface area contributed by atoms with Crippen molar-refractivity contribution in [3.8, 4) is 17.2 Å². The third-order valence-corrected chi connectivity index (χ3v) is 5.16. The number of anilines is 2. The van der Waals surface area contributed by atoms with Gasteiger partial charge in [0.2, 0.25) is 12.7 Å². The molecule has 1 saturated carbocycles. The number of fused-ring (bicyclic) bond motifs is 1. The van der Waals surface area contributed by atoms with E-state index in [2.05, 4.69) is 5.32 Å². The zero-order valence-electron chi connectivity index (χ0n) is 16.8. The highest BCUT2D eigenvalue weighted by Gasteiger charge is 2.18. The molecule has 6 heteroatoms. The number of amides is 1. The normalized spacial score (nSPS) is 15.7. The first kappa shape index (κ1) is 19.2. The third kappa shape index (κ3) is 4.65. The van der Waals surface area contributed by atoms with E-state index in [0.29, 0.717) is 17.2 Å². The Morgan fingerprint density at radius 2 is 1.90 bits per heavy atom. The van der Waals surface area contributed by atoms with Gasteiger partial charge in [0, 0.05) is 49.2 Å². The van der Waals surface area contributed by atoms with Crippen molar-refractivity contribution in [3.63, 3.8) is 0 Å². The molecular weight excluding hydrogens is 368 g/mol. The van der Waals surface area contributed by atoms with Gasteiger partial charge in [0.25, 0.3) is 0 Å². The van der Waals surface area contributed by atoms with Crippen LogP contribution in [-0.2, 0) is 4.79 Å². The molecule has 0 saturated heterocycles. The molecule has 152 valence electrons. The molecule has 1 aliphatic carbocycles. The van der Waals surface area contributed by atoms with Crippen LogP contribution >= 0.6 is 0 Å². The molecular formula is C23H26N2O4. The van der Waals surface area contributed by atoms with Crippen molar-refractivity contribution >= 4 is 23.4 Å². The number of hydrogen-bond acceptors (Lipinski definition) is 5. The second-order valence-corrected chi connectivity index (χ2v) is 7.53. The van der Waals surface area contributed by atoms with Gasteiger partial charge in [-0.2, -0.15) is 0 Å². The zero-order valence-corrected chi connectivity index (χ0v) is 16.8. The molecule has 0 bridgehead atoms. The van der Waals surface area contributed by atoms with Gasteiger partial charge < -0.3 is 24.4 Å². The molecule has 1 fully saturated rings. The van der Waals surface area contributed by atoms with Crippen LogP contribution in [0.15, 0.2) is 42.5 Å². The van der Waals surface area contributed by atoms with Crippen LogP contribution in [-0.4, -0.2) is 32.9 Å². The summed E-state index contributed by atoms with van der Waals surface area (Å²) in [4.78, 5) is 14.4. The largest absolute Gasteiger partial charge is 0.490 e. The van der Waals surface area contributed by atoms with Crippen molar-refractivity contribution in [1.82, 2.24) is 0 Å². The van der Waals surface area contributed by atoms with Crippen LogP contribution in [0.2, 0.25) is 0 Å². The highest BCUT2D eigenvalue weighted by atomic mass is 16.7. The number of nitrogens with one attached hydrogen (secondary N) is 1. The molecule has 0 aromatic heterocycles. The van der Waals surface area contributed by atoms with E-state index >= 15 is 0 Å². The van der Waals surface area contributed by atoms with Gasteiger partial charge in [-0.25, -0.2) is 0 Å². The molecule has 2 aromatic rings. The van der Waals surface area contributed by atoms with E-state index in [9.17, 15) is 4.79 Å². The molecule has 1 aliphatic heterocycles. The van der Waals surface area contributed by atoms with Crippen LogP contribution in [0.3, 0.4) is 0 Å². The summed E-state index contributed by atoms with van der Waals surface area (Å²) in [5, 5.41) is 2.85. The first-order chi connectivity index (χ1) is 14.1. The minimum Gasteiger partial charge on any atom is -0.490 e. The molecule has 0 unspecified atom stereocenters. The molecule has 29 heavy (non-hydrogen) atoms. The van der Waals surface area contributed by atoms with Crippen LogP contribution < -0.4 is 24.4 Å². The van der Waals surface area contributed by atoms with Crippen molar-refractivity contribution in [1.29, 1.82) is 0 Å². The average molecular weight is 394 g/mol. The Hall–Kier alpha value is -3.15. The zero-order chi connectivity index (χ0) is 20.2. The molecule has 0 spiro atoms.